The van der Waals surface area contributed by atoms with Crippen molar-refractivity contribution in [1.82, 2.24) is 0 Å². The van der Waals surface area contributed by atoms with Crippen molar-refractivity contribution < 1.29 is 9.13 Å². The Morgan fingerprint density at radius 2 is 1.30 bits per heavy atom. The van der Waals surface area contributed by atoms with Crippen molar-refractivity contribution in [2.24, 2.45) is 16.2 Å². The van der Waals surface area contributed by atoms with Crippen molar-refractivity contribution in [1.29, 1.82) is 0 Å². The van der Waals surface area contributed by atoms with Crippen molar-refractivity contribution in [3.8, 4) is 0 Å². The number of hydrogen-bond donors (Lipinski definition) is 0. The van der Waals surface area contributed by atoms with Crippen molar-refractivity contribution in [2.45, 2.75) is 87.2 Å². The normalized spacial score (nSPS) is 22.8. The van der Waals surface area contributed by atoms with Crippen LogP contribution in [0.15, 0.2) is 0 Å². The largest absolute Gasteiger partial charge is 0.380 e. The lowest BCUT2D eigenvalue weighted by Crippen LogP contribution is -2.42. The highest BCUT2D eigenvalue weighted by Crippen LogP contribution is 2.47. The molecular formula is C18H37FO. The smallest absolute Gasteiger partial charge is 0.111 e. The molecule has 0 unspecified atom stereocenters. The van der Waals surface area contributed by atoms with Crippen molar-refractivity contribution in [2.75, 3.05) is 13.2 Å². The van der Waals surface area contributed by atoms with Gasteiger partial charge in [0.1, 0.15) is 5.67 Å². The van der Waals surface area contributed by atoms with Gasteiger partial charge in [0, 0.05) is 5.41 Å². The Kier molecular flexibility index (Phi) is 6.30. The second-order valence-electron chi connectivity index (χ2n) is 9.43. The summed E-state index contributed by atoms with van der Waals surface area (Å²) in [4.78, 5) is 0. The first-order valence-corrected chi connectivity index (χ1v) is 7.59. The van der Waals surface area contributed by atoms with Crippen LogP contribution in [0.3, 0.4) is 0 Å². The van der Waals surface area contributed by atoms with Gasteiger partial charge in [0.05, 0.1) is 13.2 Å². The van der Waals surface area contributed by atoms with Crippen LogP contribution in [-0.2, 0) is 4.74 Å². The number of hydrogen-bond acceptors (Lipinski definition) is 1. The number of alkyl halides is 1. The Hall–Kier alpha value is -0.110. The molecule has 1 saturated heterocycles. The molecule has 2 aliphatic rings. The molecule has 0 N–H and O–H groups in total. The fraction of sp³-hybridized carbons (Fsp3) is 1.00. The maximum Gasteiger partial charge on any atom is 0.111 e. The molecule has 0 atom stereocenters. The molecule has 1 heterocycles. The van der Waals surface area contributed by atoms with Crippen LogP contribution in [0, 0.1) is 16.2 Å². The molecule has 1 nitrogen and oxygen atoms in total. The molecule has 122 valence electrons. The predicted octanol–water partition coefficient (Wildman–Crippen LogP) is 6.02. The van der Waals surface area contributed by atoms with Gasteiger partial charge < -0.3 is 4.74 Å². The van der Waals surface area contributed by atoms with Crippen molar-refractivity contribution in [3.05, 3.63) is 0 Å². The lowest BCUT2D eigenvalue weighted by molar-refractivity contribution is -0.119. The van der Waals surface area contributed by atoms with E-state index in [2.05, 4.69) is 48.5 Å². The summed E-state index contributed by atoms with van der Waals surface area (Å²) in [5.74, 6) is 0. The number of halogens is 1. The van der Waals surface area contributed by atoms with E-state index in [1.807, 2.05) is 0 Å². The summed E-state index contributed by atoms with van der Waals surface area (Å²) in [7, 11) is 0. The molecule has 2 fully saturated rings. The van der Waals surface area contributed by atoms with Gasteiger partial charge in [-0.25, -0.2) is 4.39 Å². The molecule has 2 rings (SSSR count). The molecule has 0 amide bonds. The van der Waals surface area contributed by atoms with Crippen LogP contribution >= 0.6 is 0 Å². The highest BCUT2D eigenvalue weighted by molar-refractivity contribution is 4.96. The zero-order valence-corrected chi connectivity index (χ0v) is 14.0. The van der Waals surface area contributed by atoms with Crippen LogP contribution in [0.5, 0.6) is 0 Å². The summed E-state index contributed by atoms with van der Waals surface area (Å²) in [5, 5.41) is 0. The Bertz CT molecular complexity index is 284. The zero-order valence-electron chi connectivity index (χ0n) is 14.0. The lowest BCUT2D eigenvalue weighted by Gasteiger charge is -2.42. The summed E-state index contributed by atoms with van der Waals surface area (Å²) in [6.07, 6.45) is 3.61. The minimum Gasteiger partial charge on any atom is -0.380 e. The fourth-order valence-electron chi connectivity index (χ4n) is 3.10. The molecule has 1 saturated carbocycles. The average molecular weight is 288 g/mol. The molecule has 0 aromatic carbocycles. The van der Waals surface area contributed by atoms with E-state index in [-0.39, 0.29) is 12.8 Å². The fourth-order valence-corrected chi connectivity index (χ4v) is 3.10. The highest BCUT2D eigenvalue weighted by atomic mass is 19.1. The van der Waals surface area contributed by atoms with Gasteiger partial charge in [0.2, 0.25) is 0 Å². The van der Waals surface area contributed by atoms with E-state index < -0.39 is 5.67 Å². The lowest BCUT2D eigenvalue weighted by atomic mass is 9.74. The Morgan fingerprint density at radius 1 is 0.900 bits per heavy atom. The summed E-state index contributed by atoms with van der Waals surface area (Å²) < 4.78 is 18.2. The monoisotopic (exact) mass is 288 g/mol. The second-order valence-corrected chi connectivity index (χ2v) is 9.43. The van der Waals surface area contributed by atoms with Crippen LogP contribution in [0.25, 0.3) is 0 Å². The van der Waals surface area contributed by atoms with Gasteiger partial charge in [-0.05, 0) is 36.5 Å². The Labute approximate surface area is 126 Å². The second kappa shape index (κ2) is 6.34. The maximum atomic E-state index is 13.0. The van der Waals surface area contributed by atoms with Gasteiger partial charge in [0.25, 0.3) is 0 Å². The topological polar surface area (TPSA) is 9.23 Å². The zero-order chi connectivity index (χ0) is 14.9. The minimum atomic E-state index is -0.766. The number of rotatable bonds is 2. The molecule has 0 radical (unpaired) electrons. The van der Waals surface area contributed by atoms with Crippen LogP contribution in [0.2, 0.25) is 0 Å². The van der Waals surface area contributed by atoms with Crippen LogP contribution < -0.4 is 0 Å². The van der Waals surface area contributed by atoms with Gasteiger partial charge in [0.15, 0.2) is 0 Å². The molecule has 0 spiro atoms. The van der Waals surface area contributed by atoms with Gasteiger partial charge in [-0.3, -0.25) is 0 Å². The van der Waals surface area contributed by atoms with Gasteiger partial charge in [-0.2, -0.15) is 0 Å². The third-order valence-electron chi connectivity index (χ3n) is 3.50. The van der Waals surface area contributed by atoms with Gasteiger partial charge >= 0.3 is 0 Å². The van der Waals surface area contributed by atoms with E-state index in [1.54, 1.807) is 0 Å². The third-order valence-corrected chi connectivity index (χ3v) is 3.50. The highest BCUT2D eigenvalue weighted by Gasteiger charge is 2.45. The van der Waals surface area contributed by atoms with Gasteiger partial charge in [-0.15, -0.1) is 0 Å². The van der Waals surface area contributed by atoms with Crippen LogP contribution in [0.1, 0.15) is 81.6 Å². The van der Waals surface area contributed by atoms with Gasteiger partial charge in [-0.1, -0.05) is 55.9 Å². The van der Waals surface area contributed by atoms with Crippen LogP contribution in [0.4, 0.5) is 4.39 Å². The summed E-state index contributed by atoms with van der Waals surface area (Å²) in [6, 6.07) is 0. The Balaban J connectivity index is 0.000000345. The molecule has 2 heteroatoms. The average Bonchev–Trinajstić information content (AvgIpc) is 2.75. The maximum absolute atomic E-state index is 13.0. The summed E-state index contributed by atoms with van der Waals surface area (Å²) in [5.41, 5.74) is 0.348. The molecule has 0 aromatic heterocycles. The molecule has 1 aliphatic heterocycles. The van der Waals surface area contributed by atoms with E-state index in [0.717, 1.165) is 32.5 Å². The minimum absolute atomic E-state index is 0. The van der Waals surface area contributed by atoms with Crippen molar-refractivity contribution in [3.63, 3.8) is 0 Å². The predicted molar refractivity (Wildman–Crippen MR) is 86.9 cm³/mol. The molecule has 1 aliphatic carbocycles. The molecule has 0 aromatic rings. The van der Waals surface area contributed by atoms with E-state index in [9.17, 15) is 4.39 Å². The number of ether oxygens (including phenoxy) is 1. The quantitative estimate of drug-likeness (QED) is 0.603. The van der Waals surface area contributed by atoms with E-state index in [1.165, 1.54) is 6.42 Å². The van der Waals surface area contributed by atoms with E-state index in [4.69, 9.17) is 4.74 Å². The third kappa shape index (κ3) is 8.24. The first-order chi connectivity index (χ1) is 8.33. The van der Waals surface area contributed by atoms with Crippen LogP contribution in [-0.4, -0.2) is 18.9 Å². The molecule has 20 heavy (non-hydrogen) atoms. The molecule has 0 bridgehead atoms. The first-order valence-electron chi connectivity index (χ1n) is 7.59. The summed E-state index contributed by atoms with van der Waals surface area (Å²) >= 11 is 0. The summed E-state index contributed by atoms with van der Waals surface area (Å²) in [6.45, 7) is 17.4. The Morgan fingerprint density at radius 3 is 1.40 bits per heavy atom. The SMILES string of the molecule is C.CC(C)(C)CC1(C)COC1.CC(C)(C)CC1(F)CC1. The van der Waals surface area contributed by atoms with Crippen molar-refractivity contribution >= 4 is 0 Å². The van der Waals surface area contributed by atoms with E-state index in [0.29, 0.717) is 10.8 Å². The standard InChI is InChI=1S/C9H18O.C8H15F.CH4/c1-8(2,3)5-9(4)6-10-7-9;1-7(2,3)6-8(9)4-5-8;/h5-7H2,1-4H3;4-6H2,1-3H3;1H4. The first kappa shape index (κ1) is 19.9. The molecular weight excluding hydrogens is 251 g/mol. The van der Waals surface area contributed by atoms with E-state index >= 15 is 0 Å².